The molecule has 0 N–H and O–H groups in total. The minimum absolute atomic E-state index is 0.0294. The molecule has 0 aliphatic rings. The van der Waals surface area contributed by atoms with Crippen molar-refractivity contribution < 1.29 is 13.2 Å². The van der Waals surface area contributed by atoms with E-state index in [0.29, 0.717) is 17.1 Å². The van der Waals surface area contributed by atoms with Crippen LogP contribution in [0.5, 0.6) is 0 Å². The van der Waals surface area contributed by atoms with Gasteiger partial charge in [-0.25, -0.2) is 8.42 Å². The average Bonchev–Trinajstić information content (AvgIpc) is 2.63. The third-order valence-electron chi connectivity index (χ3n) is 2.71. The monoisotopic (exact) mass is 285 g/mol. The topological polar surface area (TPSA) is 56.1 Å². The van der Waals surface area contributed by atoms with E-state index in [0.717, 1.165) is 17.2 Å². The molecule has 0 aliphatic carbocycles. The first-order chi connectivity index (χ1) is 8.40. The molecule has 0 spiro atoms. The van der Waals surface area contributed by atoms with Gasteiger partial charge in [-0.2, -0.15) is 0 Å². The van der Waals surface area contributed by atoms with Crippen molar-refractivity contribution in [3.8, 4) is 0 Å². The zero-order valence-corrected chi connectivity index (χ0v) is 11.3. The van der Waals surface area contributed by atoms with Gasteiger partial charge in [0.1, 0.15) is 9.84 Å². The Kier molecular flexibility index (Phi) is 3.45. The van der Waals surface area contributed by atoms with Gasteiger partial charge in [-0.3, -0.25) is 4.79 Å². The summed E-state index contributed by atoms with van der Waals surface area (Å²) in [4.78, 5) is 11.0. The summed E-state index contributed by atoms with van der Waals surface area (Å²) in [5, 5.41) is 1.33. The molecule has 1 aromatic heterocycles. The molecule has 4 nitrogen and oxygen atoms in total. The molecule has 6 heteroatoms. The van der Waals surface area contributed by atoms with Gasteiger partial charge >= 0.3 is 0 Å². The smallest absolute Gasteiger partial charge is 0.152 e. The van der Waals surface area contributed by atoms with Gasteiger partial charge in [0, 0.05) is 35.0 Å². The van der Waals surface area contributed by atoms with Crippen LogP contribution in [-0.4, -0.2) is 31.3 Å². The molecule has 0 unspecified atom stereocenters. The van der Waals surface area contributed by atoms with Gasteiger partial charge in [-0.1, -0.05) is 17.7 Å². The third-order valence-corrected chi connectivity index (χ3v) is 3.86. The highest BCUT2D eigenvalue weighted by Crippen LogP contribution is 2.23. The number of fused-ring (bicyclic) bond motifs is 1. The number of rotatable bonds is 4. The lowest BCUT2D eigenvalue weighted by Gasteiger charge is -2.04. The molecule has 0 aliphatic heterocycles. The molecule has 2 aromatic rings. The number of carbonyl (C=O) groups excluding carboxylic acids is 1. The van der Waals surface area contributed by atoms with Gasteiger partial charge in [0.15, 0.2) is 6.29 Å². The Balaban J connectivity index is 2.50. The molecule has 0 amide bonds. The number of hydrogen-bond donors (Lipinski definition) is 0. The number of halogens is 1. The Labute approximate surface area is 110 Å². The first-order valence-electron chi connectivity index (χ1n) is 5.32. The zero-order chi connectivity index (χ0) is 13.3. The van der Waals surface area contributed by atoms with E-state index < -0.39 is 9.84 Å². The van der Waals surface area contributed by atoms with Gasteiger partial charge in [0.2, 0.25) is 0 Å². The fourth-order valence-corrected chi connectivity index (χ4v) is 2.53. The lowest BCUT2D eigenvalue weighted by atomic mass is 10.2. The number of aldehydes is 1. The van der Waals surface area contributed by atoms with Crippen molar-refractivity contribution in [2.45, 2.75) is 6.54 Å². The molecule has 1 aromatic carbocycles. The number of hydrogen-bond acceptors (Lipinski definition) is 3. The number of aryl methyl sites for hydroxylation is 1. The van der Waals surface area contributed by atoms with Crippen LogP contribution in [-0.2, 0) is 16.4 Å². The molecule has 0 bridgehead atoms. The standard InChI is InChI=1S/C12H12ClNO3S/c1-18(16,17)5-4-14-7-9(8-15)11-3-2-10(13)6-12(11)14/h2-3,6-8H,4-5H2,1H3. The summed E-state index contributed by atoms with van der Waals surface area (Å²) in [6, 6.07) is 5.20. The van der Waals surface area contributed by atoms with E-state index in [1.54, 1.807) is 29.0 Å². The molecular formula is C12H12ClNO3S. The molecule has 1 heterocycles. The van der Waals surface area contributed by atoms with E-state index in [2.05, 4.69) is 0 Å². The van der Waals surface area contributed by atoms with Crippen LogP contribution < -0.4 is 0 Å². The summed E-state index contributed by atoms with van der Waals surface area (Å²) in [6.45, 7) is 0.309. The second kappa shape index (κ2) is 4.74. The summed E-state index contributed by atoms with van der Waals surface area (Å²) < 4.78 is 24.1. The highest BCUT2D eigenvalue weighted by Gasteiger charge is 2.10. The summed E-state index contributed by atoms with van der Waals surface area (Å²) in [7, 11) is -3.04. The fourth-order valence-electron chi connectivity index (χ4n) is 1.84. The van der Waals surface area contributed by atoms with Gasteiger partial charge < -0.3 is 4.57 Å². The summed E-state index contributed by atoms with van der Waals surface area (Å²) in [5.41, 5.74) is 1.31. The molecule has 0 saturated carbocycles. The fraction of sp³-hybridized carbons (Fsp3) is 0.250. The second-order valence-corrected chi connectivity index (χ2v) is 6.88. The second-order valence-electron chi connectivity index (χ2n) is 4.19. The minimum Gasteiger partial charge on any atom is -0.346 e. The van der Waals surface area contributed by atoms with E-state index in [9.17, 15) is 13.2 Å². The number of benzene rings is 1. The molecule has 96 valence electrons. The number of aromatic nitrogens is 1. The molecule has 2 rings (SSSR count). The Hall–Kier alpha value is -1.33. The zero-order valence-electron chi connectivity index (χ0n) is 9.76. The van der Waals surface area contributed by atoms with Crippen LogP contribution in [0.15, 0.2) is 24.4 Å². The molecule has 0 saturated heterocycles. The maximum atomic E-state index is 11.2. The predicted molar refractivity (Wildman–Crippen MR) is 72.0 cm³/mol. The van der Waals surface area contributed by atoms with E-state index in [1.165, 1.54) is 6.26 Å². The van der Waals surface area contributed by atoms with E-state index in [4.69, 9.17) is 11.6 Å². The van der Waals surface area contributed by atoms with Crippen molar-refractivity contribution in [2.75, 3.05) is 12.0 Å². The van der Waals surface area contributed by atoms with Crippen molar-refractivity contribution >= 4 is 38.6 Å². The lowest BCUT2D eigenvalue weighted by molar-refractivity contribution is 0.112. The third kappa shape index (κ3) is 2.73. The average molecular weight is 286 g/mol. The van der Waals surface area contributed by atoms with E-state index in [1.807, 2.05) is 0 Å². The Morgan fingerprint density at radius 1 is 1.39 bits per heavy atom. The molecular weight excluding hydrogens is 274 g/mol. The van der Waals surface area contributed by atoms with Crippen LogP contribution in [0, 0.1) is 0 Å². The first-order valence-corrected chi connectivity index (χ1v) is 7.76. The molecule has 18 heavy (non-hydrogen) atoms. The van der Waals surface area contributed by atoms with Crippen LogP contribution in [0.25, 0.3) is 10.9 Å². The van der Waals surface area contributed by atoms with Crippen LogP contribution >= 0.6 is 11.6 Å². The Morgan fingerprint density at radius 3 is 2.72 bits per heavy atom. The van der Waals surface area contributed by atoms with Crippen molar-refractivity contribution in [1.29, 1.82) is 0 Å². The van der Waals surface area contributed by atoms with Crippen LogP contribution in [0.2, 0.25) is 5.02 Å². The van der Waals surface area contributed by atoms with Gasteiger partial charge in [0.05, 0.1) is 11.3 Å². The quantitative estimate of drug-likeness (QED) is 0.809. The van der Waals surface area contributed by atoms with E-state index in [-0.39, 0.29) is 5.75 Å². The first kappa shape index (κ1) is 13.1. The Bertz CT molecular complexity index is 703. The number of carbonyl (C=O) groups is 1. The molecule has 0 radical (unpaired) electrons. The molecule has 0 atom stereocenters. The van der Waals surface area contributed by atoms with Crippen molar-refractivity contribution in [3.63, 3.8) is 0 Å². The number of sulfone groups is 1. The van der Waals surface area contributed by atoms with Crippen molar-refractivity contribution in [1.82, 2.24) is 4.57 Å². The van der Waals surface area contributed by atoms with Gasteiger partial charge in [-0.15, -0.1) is 0 Å². The summed E-state index contributed by atoms with van der Waals surface area (Å²) >= 11 is 5.91. The molecule has 0 fully saturated rings. The van der Waals surface area contributed by atoms with Gasteiger partial charge in [0.25, 0.3) is 0 Å². The highest BCUT2D eigenvalue weighted by atomic mass is 35.5. The normalized spacial score (nSPS) is 11.9. The minimum atomic E-state index is -3.04. The van der Waals surface area contributed by atoms with Crippen LogP contribution in [0.1, 0.15) is 10.4 Å². The van der Waals surface area contributed by atoms with Crippen molar-refractivity contribution in [2.24, 2.45) is 0 Å². The Morgan fingerprint density at radius 2 is 2.11 bits per heavy atom. The van der Waals surface area contributed by atoms with E-state index >= 15 is 0 Å². The number of nitrogens with zero attached hydrogens (tertiary/aromatic N) is 1. The van der Waals surface area contributed by atoms with Crippen LogP contribution in [0.4, 0.5) is 0 Å². The lowest BCUT2D eigenvalue weighted by Crippen LogP contribution is -2.10. The van der Waals surface area contributed by atoms with Crippen molar-refractivity contribution in [3.05, 3.63) is 35.0 Å². The predicted octanol–water partition coefficient (Wildman–Crippen LogP) is 2.15. The SMILES string of the molecule is CS(=O)(=O)CCn1cc(C=O)c2ccc(Cl)cc21. The summed E-state index contributed by atoms with van der Waals surface area (Å²) in [5.74, 6) is 0.0294. The largest absolute Gasteiger partial charge is 0.346 e. The van der Waals surface area contributed by atoms with Gasteiger partial charge in [-0.05, 0) is 12.1 Å². The summed E-state index contributed by atoms with van der Waals surface area (Å²) in [6.07, 6.45) is 3.60. The van der Waals surface area contributed by atoms with Crippen LogP contribution in [0.3, 0.4) is 0 Å². The maximum Gasteiger partial charge on any atom is 0.152 e. The maximum absolute atomic E-state index is 11.2. The highest BCUT2D eigenvalue weighted by molar-refractivity contribution is 7.90.